The number of hydrogen-bond donors (Lipinski definition) is 2. The van der Waals surface area contributed by atoms with Crippen molar-refractivity contribution in [3.8, 4) is 22.5 Å². The highest BCUT2D eigenvalue weighted by atomic mass is 35.5. The van der Waals surface area contributed by atoms with Crippen molar-refractivity contribution in [2.24, 2.45) is 0 Å². The van der Waals surface area contributed by atoms with E-state index in [0.29, 0.717) is 34.3 Å². The van der Waals surface area contributed by atoms with Gasteiger partial charge in [0.1, 0.15) is 16.7 Å². The molecule has 190 valence electrons. The van der Waals surface area contributed by atoms with Crippen molar-refractivity contribution in [1.29, 1.82) is 0 Å². The Bertz CT molecular complexity index is 1840. The fraction of sp³-hybridized carbons (Fsp3) is 0. The third-order valence-electron chi connectivity index (χ3n) is 5.92. The molecule has 39 heavy (non-hydrogen) atoms. The average Bonchev–Trinajstić information content (AvgIpc) is 3.33. The van der Waals surface area contributed by atoms with E-state index in [-0.39, 0.29) is 16.9 Å². The van der Waals surface area contributed by atoms with Gasteiger partial charge < -0.3 is 10.6 Å². The fourth-order valence-corrected chi connectivity index (χ4v) is 4.37. The maximum Gasteiger partial charge on any atom is 0.255 e. The lowest BCUT2D eigenvalue weighted by Gasteiger charge is -2.09. The van der Waals surface area contributed by atoms with Gasteiger partial charge in [0.05, 0.1) is 16.8 Å². The van der Waals surface area contributed by atoms with Gasteiger partial charge in [-0.1, -0.05) is 35.9 Å². The summed E-state index contributed by atoms with van der Waals surface area (Å²) in [6.45, 7) is 0. The molecule has 4 aromatic heterocycles. The minimum Gasteiger partial charge on any atom is -0.324 e. The van der Waals surface area contributed by atoms with E-state index in [2.05, 4.69) is 20.6 Å². The highest BCUT2D eigenvalue weighted by Gasteiger charge is 2.19. The van der Waals surface area contributed by atoms with Crippen molar-refractivity contribution in [2.45, 2.75) is 0 Å². The van der Waals surface area contributed by atoms with Crippen LogP contribution >= 0.6 is 11.6 Å². The number of aromatic nitrogens is 5. The second-order valence-electron chi connectivity index (χ2n) is 8.56. The Kier molecular flexibility index (Phi) is 6.40. The predicted octanol–water partition coefficient (Wildman–Crippen LogP) is 6.64. The zero-order chi connectivity index (χ0) is 26.8. The first kappa shape index (κ1) is 24.2. The lowest BCUT2D eigenvalue weighted by molar-refractivity contribution is 0.102. The summed E-state index contributed by atoms with van der Waals surface area (Å²) in [4.78, 5) is 25.7. The van der Waals surface area contributed by atoms with Crippen LogP contribution in [0.25, 0.3) is 28.0 Å². The number of anilines is 3. The number of carbonyl (C=O) groups excluding carboxylic acids is 1. The molecule has 4 heterocycles. The van der Waals surface area contributed by atoms with E-state index in [0.717, 1.165) is 16.6 Å². The third kappa shape index (κ3) is 5.16. The first-order chi connectivity index (χ1) is 19.0. The van der Waals surface area contributed by atoms with Gasteiger partial charge in [-0.2, -0.15) is 5.10 Å². The molecule has 0 radical (unpaired) electrons. The highest BCUT2D eigenvalue weighted by Crippen LogP contribution is 2.35. The number of nitrogens with zero attached hydrogens (tertiary/aromatic N) is 5. The van der Waals surface area contributed by atoms with E-state index in [4.69, 9.17) is 21.7 Å². The number of halogens is 2. The summed E-state index contributed by atoms with van der Waals surface area (Å²) in [6, 6.07) is 24.1. The van der Waals surface area contributed by atoms with Gasteiger partial charge in [-0.25, -0.2) is 23.9 Å². The lowest BCUT2D eigenvalue weighted by atomic mass is 10.0. The van der Waals surface area contributed by atoms with Gasteiger partial charge in [0, 0.05) is 41.1 Å². The number of amides is 1. The van der Waals surface area contributed by atoms with Crippen molar-refractivity contribution in [2.75, 3.05) is 10.6 Å². The van der Waals surface area contributed by atoms with Gasteiger partial charge in [-0.05, 0) is 60.7 Å². The number of carbonyl (C=O) groups is 1. The second-order valence-corrected chi connectivity index (χ2v) is 8.94. The molecule has 0 aliphatic rings. The number of benzene rings is 2. The smallest absolute Gasteiger partial charge is 0.255 e. The zero-order valence-electron chi connectivity index (χ0n) is 20.2. The van der Waals surface area contributed by atoms with Crippen molar-refractivity contribution >= 4 is 40.3 Å². The second kappa shape index (κ2) is 10.3. The first-order valence-corrected chi connectivity index (χ1v) is 12.3. The minimum absolute atomic E-state index is 0.238. The van der Waals surface area contributed by atoms with Crippen LogP contribution in [0, 0.1) is 5.82 Å². The van der Waals surface area contributed by atoms with Gasteiger partial charge in [0.15, 0.2) is 0 Å². The normalized spacial score (nSPS) is 10.9. The van der Waals surface area contributed by atoms with Crippen molar-refractivity contribution in [3.05, 3.63) is 120 Å². The molecule has 6 rings (SSSR count). The van der Waals surface area contributed by atoms with Gasteiger partial charge in [0.25, 0.3) is 5.91 Å². The summed E-state index contributed by atoms with van der Waals surface area (Å²) >= 11 is 5.94. The van der Waals surface area contributed by atoms with Crippen LogP contribution in [0.1, 0.15) is 10.4 Å². The molecule has 0 spiro atoms. The molecular weight excluding hydrogens is 517 g/mol. The summed E-state index contributed by atoms with van der Waals surface area (Å²) in [5, 5.41) is 11.0. The average molecular weight is 536 g/mol. The maximum absolute atomic E-state index is 13.7. The number of rotatable bonds is 6. The van der Waals surface area contributed by atoms with Gasteiger partial charge in [0.2, 0.25) is 5.95 Å². The Morgan fingerprint density at radius 1 is 0.872 bits per heavy atom. The van der Waals surface area contributed by atoms with Crippen LogP contribution in [0.5, 0.6) is 0 Å². The predicted molar refractivity (Wildman–Crippen MR) is 149 cm³/mol. The third-order valence-corrected chi connectivity index (χ3v) is 6.12. The minimum atomic E-state index is -0.361. The van der Waals surface area contributed by atoms with Crippen LogP contribution < -0.4 is 10.6 Å². The molecule has 0 atom stereocenters. The van der Waals surface area contributed by atoms with Gasteiger partial charge in [-0.3, -0.25) is 4.79 Å². The summed E-state index contributed by atoms with van der Waals surface area (Å²) in [7, 11) is 0. The highest BCUT2D eigenvalue weighted by molar-refractivity contribution is 6.29. The van der Waals surface area contributed by atoms with Crippen LogP contribution in [0.4, 0.5) is 21.7 Å². The number of nitrogens with one attached hydrogen (secondary N) is 2. The molecular formula is C29H19ClFN7O. The number of hydrogen-bond acceptors (Lipinski definition) is 6. The Balaban J connectivity index is 1.39. The fourth-order valence-electron chi connectivity index (χ4n) is 4.20. The zero-order valence-corrected chi connectivity index (χ0v) is 21.0. The van der Waals surface area contributed by atoms with Crippen molar-refractivity contribution < 1.29 is 9.18 Å². The van der Waals surface area contributed by atoms with Gasteiger partial charge >= 0.3 is 0 Å². The maximum atomic E-state index is 13.7. The lowest BCUT2D eigenvalue weighted by Crippen LogP contribution is -2.12. The Hall–Kier alpha value is -5.15. The topological polar surface area (TPSA) is 97.1 Å². The molecule has 1 amide bonds. The monoisotopic (exact) mass is 535 g/mol. The number of pyridine rings is 2. The van der Waals surface area contributed by atoms with Crippen molar-refractivity contribution in [1.82, 2.24) is 24.6 Å². The van der Waals surface area contributed by atoms with E-state index >= 15 is 0 Å². The molecule has 0 unspecified atom stereocenters. The Morgan fingerprint density at radius 3 is 2.59 bits per heavy atom. The summed E-state index contributed by atoms with van der Waals surface area (Å²) in [5.41, 5.74) is 5.20. The van der Waals surface area contributed by atoms with Crippen LogP contribution in [0.2, 0.25) is 5.15 Å². The van der Waals surface area contributed by atoms with E-state index in [1.165, 1.54) is 24.4 Å². The number of fused-ring (bicyclic) bond motifs is 1. The molecule has 0 saturated carbocycles. The Labute approximate surface area is 227 Å². The van der Waals surface area contributed by atoms with Gasteiger partial charge in [-0.15, -0.1) is 0 Å². The molecule has 0 bridgehead atoms. The van der Waals surface area contributed by atoms with Crippen LogP contribution in [-0.2, 0) is 0 Å². The summed E-state index contributed by atoms with van der Waals surface area (Å²) in [5.74, 6) is -0.355. The van der Waals surface area contributed by atoms with E-state index in [1.54, 1.807) is 41.0 Å². The van der Waals surface area contributed by atoms with Crippen LogP contribution in [-0.4, -0.2) is 30.5 Å². The SMILES string of the molecule is O=C(Nc1cccc(-c2nn3ccccc3c2-c2ccnc(Nc3cccc(F)c3)n2)c1)c1ccnc(Cl)c1. The van der Waals surface area contributed by atoms with E-state index in [1.807, 2.05) is 42.6 Å². The van der Waals surface area contributed by atoms with Crippen LogP contribution in [0.3, 0.4) is 0 Å². The van der Waals surface area contributed by atoms with E-state index < -0.39 is 0 Å². The molecule has 8 nitrogen and oxygen atoms in total. The molecule has 2 N–H and O–H groups in total. The van der Waals surface area contributed by atoms with Crippen molar-refractivity contribution in [3.63, 3.8) is 0 Å². The molecule has 0 aliphatic carbocycles. The molecule has 0 fully saturated rings. The van der Waals surface area contributed by atoms with E-state index in [9.17, 15) is 9.18 Å². The first-order valence-electron chi connectivity index (χ1n) is 11.9. The molecule has 0 aliphatic heterocycles. The molecule has 2 aromatic carbocycles. The molecule has 6 aromatic rings. The van der Waals surface area contributed by atoms with Crippen LogP contribution in [0.15, 0.2) is 104 Å². The molecule has 10 heteroatoms. The Morgan fingerprint density at radius 2 is 1.72 bits per heavy atom. The molecule has 0 saturated heterocycles. The summed E-state index contributed by atoms with van der Waals surface area (Å²) < 4.78 is 15.5. The standard InChI is InChI=1S/C29H19ClFN7O/c30-25-16-19(10-12-32-25)28(39)34-21-7-3-5-18(15-21)27-26(24-9-1-2-14-38(24)37-27)23-11-13-33-29(36-23)35-22-8-4-6-20(31)17-22/h1-17H,(H,34,39)(H,33,35,36). The quantitative estimate of drug-likeness (QED) is 0.232. The summed E-state index contributed by atoms with van der Waals surface area (Å²) in [6.07, 6.45) is 4.97. The largest absolute Gasteiger partial charge is 0.324 e.